The van der Waals surface area contributed by atoms with Crippen molar-refractivity contribution in [3.05, 3.63) is 65.2 Å². The van der Waals surface area contributed by atoms with Crippen LogP contribution in [0.3, 0.4) is 0 Å². The Morgan fingerprint density at radius 2 is 1.81 bits per heavy atom. The van der Waals surface area contributed by atoms with Gasteiger partial charge >= 0.3 is 0 Å². The number of carbonyl (C=O) groups excluding carboxylic acids is 1. The molecule has 0 radical (unpaired) electrons. The number of hydrogen-bond donors (Lipinski definition) is 0. The van der Waals surface area contributed by atoms with Gasteiger partial charge in [0.15, 0.2) is 9.84 Å². The zero-order valence-electron chi connectivity index (χ0n) is 14.2. The summed E-state index contributed by atoms with van der Waals surface area (Å²) in [4.78, 5) is 14.4. The third-order valence-corrected chi connectivity index (χ3v) is 6.43. The van der Waals surface area contributed by atoms with Crippen molar-refractivity contribution in [2.75, 3.05) is 25.4 Å². The smallest absolute Gasteiger partial charge is 0.223 e. The van der Waals surface area contributed by atoms with E-state index in [0.29, 0.717) is 24.7 Å². The maximum Gasteiger partial charge on any atom is 0.223 e. The van der Waals surface area contributed by atoms with Crippen molar-refractivity contribution in [3.63, 3.8) is 0 Å². The van der Waals surface area contributed by atoms with E-state index >= 15 is 0 Å². The van der Waals surface area contributed by atoms with E-state index in [2.05, 4.69) is 0 Å². The summed E-state index contributed by atoms with van der Waals surface area (Å²) in [7, 11) is -3.47. The van der Waals surface area contributed by atoms with Crippen LogP contribution in [-0.2, 0) is 19.4 Å². The highest BCUT2D eigenvalue weighted by atomic mass is 35.5. The van der Waals surface area contributed by atoms with Crippen molar-refractivity contribution in [3.8, 4) is 0 Å². The molecule has 0 N–H and O–H groups in total. The molecule has 26 heavy (non-hydrogen) atoms. The van der Waals surface area contributed by atoms with Crippen molar-refractivity contribution < 1.29 is 17.9 Å². The van der Waals surface area contributed by atoms with E-state index in [9.17, 15) is 13.2 Å². The zero-order chi connectivity index (χ0) is 18.6. The summed E-state index contributed by atoms with van der Waals surface area (Å²) < 4.78 is 30.4. The SMILES string of the molecule is O=C(CCS(=O)(=O)c1ccccc1)N1CCOC(c2ccccc2Cl)C1. The highest BCUT2D eigenvalue weighted by molar-refractivity contribution is 7.91. The lowest BCUT2D eigenvalue weighted by molar-refractivity contribution is -0.138. The molecule has 0 saturated carbocycles. The lowest BCUT2D eigenvalue weighted by Gasteiger charge is -2.33. The minimum Gasteiger partial charge on any atom is -0.370 e. The summed E-state index contributed by atoms with van der Waals surface area (Å²) in [6.07, 6.45) is -0.348. The second-order valence-corrected chi connectivity index (χ2v) is 8.62. The minimum absolute atomic E-state index is 0.0491. The molecule has 7 heteroatoms. The molecule has 1 unspecified atom stereocenters. The molecule has 1 atom stereocenters. The van der Waals surface area contributed by atoms with E-state index in [1.807, 2.05) is 18.2 Å². The molecule has 3 rings (SSSR count). The van der Waals surface area contributed by atoms with Crippen molar-refractivity contribution >= 4 is 27.3 Å². The topological polar surface area (TPSA) is 63.7 Å². The predicted molar refractivity (Wildman–Crippen MR) is 99.8 cm³/mol. The fraction of sp³-hybridized carbons (Fsp3) is 0.316. The van der Waals surface area contributed by atoms with Crippen LogP contribution in [0.1, 0.15) is 18.1 Å². The number of halogens is 1. The number of benzene rings is 2. The van der Waals surface area contributed by atoms with Crippen molar-refractivity contribution in [1.82, 2.24) is 4.90 Å². The standard InChI is InChI=1S/C19H20ClNO4S/c20-17-9-5-4-8-16(17)18-14-21(11-12-25-18)19(22)10-13-26(23,24)15-6-2-1-3-7-15/h1-9,18H,10-14H2. The van der Waals surface area contributed by atoms with Gasteiger partial charge in [-0.2, -0.15) is 0 Å². The van der Waals surface area contributed by atoms with Crippen molar-refractivity contribution in [2.24, 2.45) is 0 Å². The molecule has 1 amide bonds. The third kappa shape index (κ3) is 4.44. The first-order valence-corrected chi connectivity index (χ1v) is 10.4. The Labute approximate surface area is 158 Å². The van der Waals surface area contributed by atoms with Crippen LogP contribution >= 0.6 is 11.6 Å². The second kappa shape index (κ2) is 8.20. The third-order valence-electron chi connectivity index (χ3n) is 4.36. The number of ether oxygens (including phenoxy) is 1. The van der Waals surface area contributed by atoms with Crippen LogP contribution in [0.15, 0.2) is 59.5 Å². The molecule has 1 heterocycles. The van der Waals surface area contributed by atoms with Gasteiger partial charge < -0.3 is 9.64 Å². The van der Waals surface area contributed by atoms with Crippen LogP contribution in [-0.4, -0.2) is 44.7 Å². The molecular formula is C19H20ClNO4S. The summed E-state index contributed by atoms with van der Waals surface area (Å²) in [5.74, 6) is -0.394. The predicted octanol–water partition coefficient (Wildman–Crippen LogP) is 3.10. The first-order chi connectivity index (χ1) is 12.5. The van der Waals surface area contributed by atoms with Gasteiger partial charge in [-0.15, -0.1) is 0 Å². The van der Waals surface area contributed by atoms with Gasteiger partial charge in [0.05, 0.1) is 23.8 Å². The van der Waals surface area contributed by atoms with E-state index in [-0.39, 0.29) is 29.1 Å². The molecule has 0 aliphatic carbocycles. The molecular weight excluding hydrogens is 374 g/mol. The zero-order valence-corrected chi connectivity index (χ0v) is 15.7. The fourth-order valence-electron chi connectivity index (χ4n) is 2.93. The normalized spacial score (nSPS) is 17.9. The van der Waals surface area contributed by atoms with E-state index in [1.165, 1.54) is 0 Å². The molecule has 0 aromatic heterocycles. The molecule has 1 aliphatic rings. The van der Waals surface area contributed by atoms with Gasteiger partial charge in [-0.25, -0.2) is 8.42 Å². The Morgan fingerprint density at radius 1 is 1.12 bits per heavy atom. The highest BCUT2D eigenvalue weighted by Gasteiger charge is 2.27. The van der Waals surface area contributed by atoms with Gasteiger partial charge in [0.2, 0.25) is 5.91 Å². The first-order valence-electron chi connectivity index (χ1n) is 8.39. The highest BCUT2D eigenvalue weighted by Crippen LogP contribution is 2.28. The maximum atomic E-state index is 12.5. The Hall–Kier alpha value is -1.89. The van der Waals surface area contributed by atoms with Crippen molar-refractivity contribution in [2.45, 2.75) is 17.4 Å². The maximum absolute atomic E-state index is 12.5. The first kappa shape index (κ1) is 18.9. The molecule has 2 aromatic rings. The van der Waals surface area contributed by atoms with Gasteiger partial charge in [0.1, 0.15) is 6.10 Å². The van der Waals surface area contributed by atoms with Gasteiger partial charge in [0, 0.05) is 23.6 Å². The molecule has 2 aromatic carbocycles. The Balaban J connectivity index is 1.62. The number of hydrogen-bond acceptors (Lipinski definition) is 4. The number of carbonyl (C=O) groups is 1. The summed E-state index contributed by atoms with van der Waals surface area (Å²) in [5, 5.41) is 0.596. The number of rotatable bonds is 5. The Kier molecular flexibility index (Phi) is 5.96. The van der Waals surface area contributed by atoms with Crippen LogP contribution in [0, 0.1) is 0 Å². The molecule has 0 bridgehead atoms. The van der Waals surface area contributed by atoms with E-state index < -0.39 is 9.84 Å². The lowest BCUT2D eigenvalue weighted by atomic mass is 10.1. The van der Waals surface area contributed by atoms with Gasteiger partial charge in [-0.3, -0.25) is 4.79 Å². The fourth-order valence-corrected chi connectivity index (χ4v) is 4.43. The van der Waals surface area contributed by atoms with Gasteiger partial charge in [0.25, 0.3) is 0 Å². The molecule has 1 saturated heterocycles. The quantitative estimate of drug-likeness (QED) is 0.783. The van der Waals surface area contributed by atoms with Crippen LogP contribution in [0.2, 0.25) is 5.02 Å². The summed E-state index contributed by atoms with van der Waals surface area (Å²) in [6, 6.07) is 15.6. The molecule has 0 spiro atoms. The average molecular weight is 394 g/mol. The summed E-state index contributed by atoms with van der Waals surface area (Å²) in [5.41, 5.74) is 0.837. The van der Waals surface area contributed by atoms with E-state index in [1.54, 1.807) is 41.3 Å². The number of amides is 1. The van der Waals surface area contributed by atoms with Crippen LogP contribution in [0.4, 0.5) is 0 Å². The number of sulfone groups is 1. The van der Waals surface area contributed by atoms with Crippen molar-refractivity contribution in [1.29, 1.82) is 0 Å². The average Bonchev–Trinajstić information content (AvgIpc) is 2.67. The largest absolute Gasteiger partial charge is 0.370 e. The second-order valence-electron chi connectivity index (χ2n) is 6.10. The number of nitrogens with zero attached hydrogens (tertiary/aromatic N) is 1. The number of morpholine rings is 1. The van der Waals surface area contributed by atoms with Crippen LogP contribution < -0.4 is 0 Å². The molecule has 1 aliphatic heterocycles. The minimum atomic E-state index is -3.47. The van der Waals surface area contributed by atoms with E-state index in [4.69, 9.17) is 16.3 Å². The van der Waals surface area contributed by atoms with Crippen LogP contribution in [0.25, 0.3) is 0 Å². The summed E-state index contributed by atoms with van der Waals surface area (Å²) in [6.45, 7) is 1.21. The Morgan fingerprint density at radius 3 is 2.54 bits per heavy atom. The van der Waals surface area contributed by atoms with Crippen LogP contribution in [0.5, 0.6) is 0 Å². The van der Waals surface area contributed by atoms with Gasteiger partial charge in [-0.05, 0) is 18.2 Å². The molecule has 5 nitrogen and oxygen atoms in total. The molecule has 1 fully saturated rings. The van der Waals surface area contributed by atoms with E-state index in [0.717, 1.165) is 5.56 Å². The van der Waals surface area contributed by atoms with Gasteiger partial charge in [-0.1, -0.05) is 48.0 Å². The summed E-state index contributed by atoms with van der Waals surface area (Å²) >= 11 is 6.21. The Bertz CT molecular complexity index is 870. The lowest BCUT2D eigenvalue weighted by Crippen LogP contribution is -2.42. The monoisotopic (exact) mass is 393 g/mol. The molecule has 138 valence electrons.